The van der Waals surface area contributed by atoms with Crippen molar-refractivity contribution in [2.24, 2.45) is 7.05 Å². The van der Waals surface area contributed by atoms with Gasteiger partial charge in [0, 0.05) is 35.8 Å². The van der Waals surface area contributed by atoms with E-state index >= 15 is 0 Å². The Morgan fingerprint density at radius 3 is 2.84 bits per heavy atom. The summed E-state index contributed by atoms with van der Waals surface area (Å²) < 4.78 is 7.56. The molecule has 25 heavy (non-hydrogen) atoms. The average molecular weight is 338 g/mol. The van der Waals surface area contributed by atoms with Gasteiger partial charge >= 0.3 is 0 Å². The Balaban J connectivity index is 1.72. The van der Waals surface area contributed by atoms with Gasteiger partial charge in [-0.25, -0.2) is 0 Å². The van der Waals surface area contributed by atoms with E-state index in [1.807, 2.05) is 60.8 Å². The maximum Gasteiger partial charge on any atom is 0.270 e. The molecule has 1 aliphatic heterocycles. The van der Waals surface area contributed by atoms with Crippen LogP contribution in [0.1, 0.15) is 33.5 Å². The zero-order valence-electron chi connectivity index (χ0n) is 14.7. The van der Waals surface area contributed by atoms with E-state index in [0.717, 1.165) is 27.9 Å². The molecule has 0 saturated carbocycles. The number of carbonyl (C=O) groups excluding carboxylic acids is 1. The van der Waals surface area contributed by atoms with Crippen molar-refractivity contribution in [3.63, 3.8) is 0 Å². The van der Waals surface area contributed by atoms with Crippen LogP contribution < -0.4 is 0 Å². The molecule has 1 N–H and O–H groups in total. The van der Waals surface area contributed by atoms with E-state index in [1.54, 1.807) is 0 Å². The first-order chi connectivity index (χ1) is 12.1. The molecular formula is C19H22N4O2. The minimum atomic E-state index is -0.110. The van der Waals surface area contributed by atoms with Crippen LogP contribution in [0.2, 0.25) is 0 Å². The predicted molar refractivity (Wildman–Crippen MR) is 95.6 cm³/mol. The fourth-order valence-corrected chi connectivity index (χ4v) is 3.70. The minimum Gasteiger partial charge on any atom is -0.377 e. The number of fused-ring (bicyclic) bond motifs is 1. The molecule has 3 heterocycles. The van der Waals surface area contributed by atoms with Gasteiger partial charge in [0.25, 0.3) is 5.91 Å². The lowest BCUT2D eigenvalue weighted by Gasteiger charge is -2.35. The van der Waals surface area contributed by atoms with Gasteiger partial charge < -0.3 is 14.6 Å². The van der Waals surface area contributed by atoms with Crippen molar-refractivity contribution in [3.05, 3.63) is 53.0 Å². The van der Waals surface area contributed by atoms with Crippen LogP contribution in [0, 0.1) is 13.8 Å². The van der Waals surface area contributed by atoms with Crippen LogP contribution in [0.5, 0.6) is 0 Å². The summed E-state index contributed by atoms with van der Waals surface area (Å²) in [5.74, 6) is 0.00662. The number of hydrogen-bond donors (Lipinski definition) is 1. The number of benzene rings is 1. The van der Waals surface area contributed by atoms with Crippen LogP contribution in [0.15, 0.2) is 30.3 Å². The van der Waals surface area contributed by atoms with Crippen molar-refractivity contribution in [2.75, 3.05) is 19.8 Å². The molecule has 3 aromatic rings. The maximum absolute atomic E-state index is 13.2. The Labute approximate surface area is 146 Å². The number of amides is 1. The molecule has 130 valence electrons. The molecule has 6 heteroatoms. The maximum atomic E-state index is 13.2. The van der Waals surface area contributed by atoms with Gasteiger partial charge in [-0.1, -0.05) is 18.2 Å². The first-order valence-corrected chi connectivity index (χ1v) is 8.53. The average Bonchev–Trinajstić information content (AvgIpc) is 3.15. The number of aryl methyl sites for hydroxylation is 2. The summed E-state index contributed by atoms with van der Waals surface area (Å²) in [6.07, 6.45) is 0. The van der Waals surface area contributed by atoms with Gasteiger partial charge in [0.15, 0.2) is 0 Å². The van der Waals surface area contributed by atoms with Gasteiger partial charge in [-0.05, 0) is 26.0 Å². The Kier molecular flexibility index (Phi) is 3.84. The Hall–Kier alpha value is -2.60. The third-order valence-corrected chi connectivity index (χ3v) is 5.05. The lowest BCUT2D eigenvalue weighted by Crippen LogP contribution is -2.44. The van der Waals surface area contributed by atoms with Crippen LogP contribution >= 0.6 is 0 Å². The summed E-state index contributed by atoms with van der Waals surface area (Å²) in [5, 5.41) is 5.55. The van der Waals surface area contributed by atoms with Crippen LogP contribution in [0.3, 0.4) is 0 Å². The van der Waals surface area contributed by atoms with Crippen LogP contribution in [0.25, 0.3) is 10.9 Å². The number of morpholine rings is 1. The van der Waals surface area contributed by atoms with E-state index in [4.69, 9.17) is 4.74 Å². The van der Waals surface area contributed by atoms with Crippen LogP contribution in [-0.2, 0) is 11.8 Å². The Morgan fingerprint density at radius 1 is 1.32 bits per heavy atom. The summed E-state index contributed by atoms with van der Waals surface area (Å²) in [5.41, 5.74) is 4.70. The number of aromatic amines is 1. The molecule has 2 aromatic heterocycles. The first-order valence-electron chi connectivity index (χ1n) is 8.53. The number of hydrogen-bond acceptors (Lipinski definition) is 3. The second-order valence-electron chi connectivity index (χ2n) is 6.57. The topological polar surface area (TPSA) is 63.1 Å². The normalized spacial score (nSPS) is 18.0. The smallest absolute Gasteiger partial charge is 0.270 e. The molecule has 1 aromatic carbocycles. The highest BCUT2D eigenvalue weighted by molar-refractivity contribution is 5.98. The zero-order valence-corrected chi connectivity index (χ0v) is 14.7. The second kappa shape index (κ2) is 6.04. The van der Waals surface area contributed by atoms with E-state index in [2.05, 4.69) is 10.1 Å². The Bertz CT molecular complexity index is 907. The first kappa shape index (κ1) is 15.9. The number of para-hydroxylation sites is 1. The molecule has 0 bridgehead atoms. The number of nitrogens with zero attached hydrogens (tertiary/aromatic N) is 3. The highest BCUT2D eigenvalue weighted by Crippen LogP contribution is 2.30. The molecule has 1 amide bonds. The zero-order chi connectivity index (χ0) is 17.6. The van der Waals surface area contributed by atoms with Gasteiger partial charge in [0.2, 0.25) is 0 Å². The van der Waals surface area contributed by atoms with E-state index in [0.29, 0.717) is 25.5 Å². The fraction of sp³-hybridized carbons (Fsp3) is 0.368. The summed E-state index contributed by atoms with van der Waals surface area (Å²) in [6, 6.07) is 9.75. The molecule has 0 unspecified atom stereocenters. The monoisotopic (exact) mass is 338 g/mol. The van der Waals surface area contributed by atoms with E-state index in [1.165, 1.54) is 0 Å². The molecule has 0 radical (unpaired) electrons. The van der Waals surface area contributed by atoms with Gasteiger partial charge in [-0.3, -0.25) is 9.48 Å². The number of H-pyrrole nitrogens is 1. The molecule has 4 rings (SSSR count). The summed E-state index contributed by atoms with van der Waals surface area (Å²) in [6.45, 7) is 5.66. The van der Waals surface area contributed by atoms with Crippen molar-refractivity contribution in [2.45, 2.75) is 19.9 Å². The number of ether oxygens (including phenoxy) is 1. The number of rotatable bonds is 2. The van der Waals surface area contributed by atoms with Gasteiger partial charge in [0.1, 0.15) is 5.69 Å². The van der Waals surface area contributed by atoms with Crippen molar-refractivity contribution in [1.29, 1.82) is 0 Å². The fourth-order valence-electron chi connectivity index (χ4n) is 3.70. The van der Waals surface area contributed by atoms with Gasteiger partial charge in [-0.15, -0.1) is 0 Å². The predicted octanol–water partition coefficient (Wildman–Crippen LogP) is 2.73. The van der Waals surface area contributed by atoms with E-state index in [-0.39, 0.29) is 11.9 Å². The SMILES string of the molecule is Cc1nn(C)c(C)c1[C@@H]1COCCN1C(=O)c1cc2ccccc2[nH]1. The molecule has 6 nitrogen and oxygen atoms in total. The number of carbonyl (C=O) groups is 1. The summed E-state index contributed by atoms with van der Waals surface area (Å²) in [4.78, 5) is 18.3. The lowest BCUT2D eigenvalue weighted by molar-refractivity contribution is -0.00330. The molecular weight excluding hydrogens is 316 g/mol. The van der Waals surface area contributed by atoms with Crippen molar-refractivity contribution < 1.29 is 9.53 Å². The third-order valence-electron chi connectivity index (χ3n) is 5.05. The number of aromatic nitrogens is 3. The molecule has 1 aliphatic rings. The standard InChI is InChI=1S/C19H22N4O2/c1-12-18(13(2)22(3)21-12)17-11-25-9-8-23(17)19(24)16-10-14-6-4-5-7-15(14)20-16/h4-7,10,17,20H,8-9,11H2,1-3H3/t17-/m0/s1. The number of nitrogens with one attached hydrogen (secondary N) is 1. The van der Waals surface area contributed by atoms with Crippen LogP contribution in [-0.4, -0.2) is 45.3 Å². The highest BCUT2D eigenvalue weighted by Gasteiger charge is 2.33. The van der Waals surface area contributed by atoms with Crippen molar-refractivity contribution in [3.8, 4) is 0 Å². The quantitative estimate of drug-likeness (QED) is 0.781. The summed E-state index contributed by atoms with van der Waals surface area (Å²) >= 11 is 0. The van der Waals surface area contributed by atoms with E-state index in [9.17, 15) is 4.79 Å². The van der Waals surface area contributed by atoms with E-state index < -0.39 is 0 Å². The molecule has 1 fully saturated rings. The summed E-state index contributed by atoms with van der Waals surface area (Å²) in [7, 11) is 1.93. The largest absolute Gasteiger partial charge is 0.377 e. The Morgan fingerprint density at radius 2 is 2.12 bits per heavy atom. The van der Waals surface area contributed by atoms with Gasteiger partial charge in [0.05, 0.1) is 24.9 Å². The molecule has 0 aliphatic carbocycles. The molecule has 1 atom stereocenters. The van der Waals surface area contributed by atoms with Crippen molar-refractivity contribution in [1.82, 2.24) is 19.7 Å². The van der Waals surface area contributed by atoms with Crippen molar-refractivity contribution >= 4 is 16.8 Å². The van der Waals surface area contributed by atoms with Gasteiger partial charge in [-0.2, -0.15) is 5.10 Å². The lowest BCUT2D eigenvalue weighted by atomic mass is 10.0. The molecule has 1 saturated heterocycles. The molecule has 0 spiro atoms. The van der Waals surface area contributed by atoms with Crippen LogP contribution in [0.4, 0.5) is 0 Å². The minimum absolute atomic E-state index is 0.00662. The highest BCUT2D eigenvalue weighted by atomic mass is 16.5. The second-order valence-corrected chi connectivity index (χ2v) is 6.57. The third kappa shape index (κ3) is 2.62.